The number of amides is 1. The van der Waals surface area contributed by atoms with E-state index in [1.165, 1.54) is 16.7 Å². The molecule has 9 heteroatoms. The van der Waals surface area contributed by atoms with Crippen molar-refractivity contribution in [3.05, 3.63) is 52.6 Å². The number of carbonyl (C=O) groups is 2. The van der Waals surface area contributed by atoms with Crippen molar-refractivity contribution in [3.8, 4) is 0 Å². The number of rotatable bonds is 5. The summed E-state index contributed by atoms with van der Waals surface area (Å²) in [7, 11) is 1.68. The minimum absolute atomic E-state index is 0.142. The molecular formula is C22H23N3O5S. The lowest BCUT2D eigenvalue weighted by Crippen LogP contribution is -2.35. The van der Waals surface area contributed by atoms with Gasteiger partial charge in [-0.25, -0.2) is 9.79 Å². The van der Waals surface area contributed by atoms with Crippen molar-refractivity contribution in [2.45, 2.75) is 6.92 Å². The molecule has 2 aliphatic rings. The summed E-state index contributed by atoms with van der Waals surface area (Å²) in [5, 5.41) is 0.556. The SMILES string of the molecule is CCOC(=O)c1ccc(N=C2S/C(=C\c3ccc(N4CCOCC4)o3)C(=O)N2C)cc1. The van der Waals surface area contributed by atoms with Crippen LogP contribution in [0.15, 0.2) is 50.7 Å². The second-order valence-corrected chi connectivity index (χ2v) is 7.92. The highest BCUT2D eigenvalue weighted by molar-refractivity contribution is 8.18. The number of thioether (sulfide) groups is 1. The van der Waals surface area contributed by atoms with Gasteiger partial charge in [0.05, 0.1) is 36.0 Å². The quantitative estimate of drug-likeness (QED) is 0.518. The topological polar surface area (TPSA) is 84.6 Å². The molecule has 31 heavy (non-hydrogen) atoms. The van der Waals surface area contributed by atoms with Gasteiger partial charge in [-0.1, -0.05) is 0 Å². The molecule has 1 aromatic carbocycles. The zero-order valence-electron chi connectivity index (χ0n) is 17.4. The summed E-state index contributed by atoms with van der Waals surface area (Å²) in [6.07, 6.45) is 1.74. The van der Waals surface area contributed by atoms with E-state index in [4.69, 9.17) is 13.9 Å². The van der Waals surface area contributed by atoms with Gasteiger partial charge in [0, 0.05) is 32.3 Å². The number of morpholine rings is 1. The minimum Gasteiger partial charge on any atom is -0.462 e. The normalized spacial score (nSPS) is 19.5. The fraction of sp³-hybridized carbons (Fsp3) is 0.318. The molecule has 2 saturated heterocycles. The first-order chi connectivity index (χ1) is 15.0. The van der Waals surface area contributed by atoms with Crippen LogP contribution in [0.5, 0.6) is 0 Å². The number of likely N-dealkylation sites (N-methyl/N-ethyl adjacent to an activating group) is 1. The van der Waals surface area contributed by atoms with Crippen LogP contribution in [-0.4, -0.2) is 61.9 Å². The first kappa shape index (κ1) is 21.2. The van der Waals surface area contributed by atoms with Crippen molar-refractivity contribution < 1.29 is 23.5 Å². The van der Waals surface area contributed by atoms with E-state index in [9.17, 15) is 9.59 Å². The number of esters is 1. The van der Waals surface area contributed by atoms with Crippen LogP contribution in [-0.2, 0) is 14.3 Å². The molecule has 162 valence electrons. The molecule has 0 bridgehead atoms. The van der Waals surface area contributed by atoms with Crippen LogP contribution in [0, 0.1) is 0 Å². The number of nitrogens with zero attached hydrogens (tertiary/aromatic N) is 3. The monoisotopic (exact) mass is 441 g/mol. The molecule has 0 spiro atoms. The van der Waals surface area contributed by atoms with Crippen molar-refractivity contribution in [1.82, 2.24) is 4.90 Å². The van der Waals surface area contributed by atoms with Crippen molar-refractivity contribution in [1.29, 1.82) is 0 Å². The van der Waals surface area contributed by atoms with Gasteiger partial charge in [0.2, 0.25) is 0 Å². The van der Waals surface area contributed by atoms with Crippen molar-refractivity contribution in [2.75, 3.05) is 44.9 Å². The van der Waals surface area contributed by atoms with Crippen molar-refractivity contribution >= 4 is 46.5 Å². The van der Waals surface area contributed by atoms with Crippen molar-refractivity contribution in [3.63, 3.8) is 0 Å². The van der Waals surface area contributed by atoms with Gasteiger partial charge in [0.1, 0.15) is 5.76 Å². The first-order valence-electron chi connectivity index (χ1n) is 10.0. The molecule has 2 aromatic rings. The summed E-state index contributed by atoms with van der Waals surface area (Å²) in [5.41, 5.74) is 1.10. The molecule has 2 fully saturated rings. The van der Waals surface area contributed by atoms with Gasteiger partial charge in [0.15, 0.2) is 11.1 Å². The molecule has 1 aromatic heterocycles. The number of ether oxygens (including phenoxy) is 2. The molecule has 4 rings (SSSR count). The molecule has 0 N–H and O–H groups in total. The molecule has 0 saturated carbocycles. The van der Waals surface area contributed by atoms with E-state index in [2.05, 4.69) is 9.89 Å². The first-order valence-corrected chi connectivity index (χ1v) is 10.8. The Labute approximate surface area is 184 Å². The number of amidine groups is 1. The average molecular weight is 442 g/mol. The summed E-state index contributed by atoms with van der Waals surface area (Å²) in [5.74, 6) is 0.876. The van der Waals surface area contributed by atoms with Crippen LogP contribution in [0.1, 0.15) is 23.0 Å². The fourth-order valence-corrected chi connectivity index (χ4v) is 4.12. The summed E-state index contributed by atoms with van der Waals surface area (Å²) in [4.78, 5) is 33.1. The molecular weight excluding hydrogens is 418 g/mol. The molecule has 8 nitrogen and oxygen atoms in total. The lowest BCUT2D eigenvalue weighted by atomic mass is 10.2. The van der Waals surface area contributed by atoms with Gasteiger partial charge < -0.3 is 18.8 Å². The van der Waals surface area contributed by atoms with Crippen LogP contribution in [0.3, 0.4) is 0 Å². The van der Waals surface area contributed by atoms with Gasteiger partial charge in [0.25, 0.3) is 5.91 Å². The largest absolute Gasteiger partial charge is 0.462 e. The Bertz CT molecular complexity index is 1020. The van der Waals surface area contributed by atoms with Crippen LogP contribution < -0.4 is 4.90 Å². The van der Waals surface area contributed by atoms with E-state index in [0.29, 0.717) is 46.9 Å². The molecule has 0 unspecified atom stereocenters. The fourth-order valence-electron chi connectivity index (χ4n) is 3.15. The van der Waals surface area contributed by atoms with E-state index in [1.54, 1.807) is 44.3 Å². The van der Waals surface area contributed by atoms with Gasteiger partial charge in [-0.05, 0) is 49.0 Å². The van der Waals surface area contributed by atoms with Crippen LogP contribution in [0.4, 0.5) is 11.6 Å². The summed E-state index contributed by atoms with van der Waals surface area (Å²) >= 11 is 1.28. The van der Waals surface area contributed by atoms with Crippen LogP contribution >= 0.6 is 11.8 Å². The number of benzene rings is 1. The standard InChI is InChI=1S/C22H23N3O5S/c1-3-29-21(27)15-4-6-16(7-5-15)23-22-24(2)20(26)18(31-22)14-17-8-9-19(30-17)25-10-12-28-13-11-25/h4-9,14H,3,10-13H2,1-2H3/b18-14-,23-22?. The van der Waals surface area contributed by atoms with Crippen LogP contribution in [0.2, 0.25) is 0 Å². The Morgan fingerprint density at radius 2 is 1.94 bits per heavy atom. The van der Waals surface area contributed by atoms with Gasteiger partial charge in [-0.15, -0.1) is 0 Å². The maximum atomic E-state index is 12.7. The summed E-state index contributed by atoms with van der Waals surface area (Å²) in [6.45, 7) is 5.01. The molecule has 2 aliphatic heterocycles. The second-order valence-electron chi connectivity index (χ2n) is 6.91. The number of carbonyl (C=O) groups excluding carboxylic acids is 2. The second kappa shape index (κ2) is 9.40. The summed E-state index contributed by atoms with van der Waals surface area (Å²) in [6, 6.07) is 10.5. The molecule has 0 aliphatic carbocycles. The van der Waals surface area contributed by atoms with E-state index < -0.39 is 0 Å². The Balaban J connectivity index is 1.48. The molecule has 1 amide bonds. The third-order valence-corrected chi connectivity index (χ3v) is 5.88. The zero-order chi connectivity index (χ0) is 21.8. The van der Waals surface area contributed by atoms with E-state index in [-0.39, 0.29) is 11.9 Å². The van der Waals surface area contributed by atoms with E-state index in [0.717, 1.165) is 19.0 Å². The van der Waals surface area contributed by atoms with Gasteiger partial charge >= 0.3 is 5.97 Å². The minimum atomic E-state index is -0.371. The number of furan rings is 1. The molecule has 0 radical (unpaired) electrons. The highest BCUT2D eigenvalue weighted by atomic mass is 32.2. The average Bonchev–Trinajstić information content (AvgIpc) is 3.36. The number of hydrogen-bond donors (Lipinski definition) is 0. The lowest BCUT2D eigenvalue weighted by molar-refractivity contribution is -0.121. The van der Waals surface area contributed by atoms with E-state index >= 15 is 0 Å². The molecule has 0 atom stereocenters. The van der Waals surface area contributed by atoms with Crippen LogP contribution in [0.25, 0.3) is 6.08 Å². The lowest BCUT2D eigenvalue weighted by Gasteiger charge is -2.26. The summed E-state index contributed by atoms with van der Waals surface area (Å²) < 4.78 is 16.3. The Morgan fingerprint density at radius 1 is 1.19 bits per heavy atom. The van der Waals surface area contributed by atoms with E-state index in [1.807, 2.05) is 12.1 Å². The zero-order valence-corrected chi connectivity index (χ0v) is 18.2. The highest BCUT2D eigenvalue weighted by Crippen LogP contribution is 2.34. The third kappa shape index (κ3) is 4.83. The predicted molar refractivity (Wildman–Crippen MR) is 120 cm³/mol. The molecule has 3 heterocycles. The Kier molecular flexibility index (Phi) is 6.43. The maximum Gasteiger partial charge on any atom is 0.338 e. The number of anilines is 1. The number of hydrogen-bond acceptors (Lipinski definition) is 8. The predicted octanol–water partition coefficient (Wildman–Crippen LogP) is 3.53. The number of aliphatic imine (C=N–C) groups is 1. The Hall–Kier alpha value is -3.04. The third-order valence-electron chi connectivity index (χ3n) is 4.82. The smallest absolute Gasteiger partial charge is 0.338 e. The Morgan fingerprint density at radius 3 is 2.65 bits per heavy atom. The van der Waals surface area contributed by atoms with Gasteiger partial charge in [-0.3, -0.25) is 9.69 Å². The maximum absolute atomic E-state index is 12.7. The highest BCUT2D eigenvalue weighted by Gasteiger charge is 2.30. The van der Waals surface area contributed by atoms with Crippen molar-refractivity contribution in [2.24, 2.45) is 4.99 Å². The van der Waals surface area contributed by atoms with Gasteiger partial charge in [-0.2, -0.15) is 0 Å².